The standard InChI is InChI=1S/C9H17N3OS2/c1-3-6-14-7-8-11-9(15-12-8)10-4-5-13-2/h3-7H2,1-2H3,(H,10,11,12). The molecule has 0 aliphatic heterocycles. The molecule has 1 heterocycles. The summed E-state index contributed by atoms with van der Waals surface area (Å²) < 4.78 is 9.21. The molecule has 0 atom stereocenters. The van der Waals surface area contributed by atoms with Crippen molar-refractivity contribution in [2.24, 2.45) is 0 Å². The molecule has 0 saturated carbocycles. The molecule has 0 amide bonds. The Balaban J connectivity index is 2.23. The highest BCUT2D eigenvalue weighted by atomic mass is 32.2. The van der Waals surface area contributed by atoms with Crippen molar-refractivity contribution >= 4 is 28.4 Å². The largest absolute Gasteiger partial charge is 0.383 e. The molecule has 0 saturated heterocycles. The zero-order valence-corrected chi connectivity index (χ0v) is 10.8. The molecule has 0 spiro atoms. The first-order valence-corrected chi connectivity index (χ1v) is 6.92. The molecule has 6 heteroatoms. The third-order valence-electron chi connectivity index (χ3n) is 1.63. The molecular formula is C9H17N3OS2. The number of aromatic nitrogens is 2. The van der Waals surface area contributed by atoms with E-state index in [9.17, 15) is 0 Å². The molecule has 1 rings (SSSR count). The molecule has 0 radical (unpaired) electrons. The van der Waals surface area contributed by atoms with Crippen LogP contribution >= 0.6 is 23.3 Å². The molecule has 0 bridgehead atoms. The van der Waals surface area contributed by atoms with Gasteiger partial charge in [-0.1, -0.05) is 6.92 Å². The van der Waals surface area contributed by atoms with Crippen molar-refractivity contribution in [2.75, 3.05) is 31.3 Å². The quantitative estimate of drug-likeness (QED) is 0.714. The number of thioether (sulfide) groups is 1. The van der Waals surface area contributed by atoms with Gasteiger partial charge in [0.2, 0.25) is 5.13 Å². The minimum absolute atomic E-state index is 0.694. The highest BCUT2D eigenvalue weighted by molar-refractivity contribution is 7.98. The first-order valence-electron chi connectivity index (χ1n) is 5.00. The number of hydrogen-bond donors (Lipinski definition) is 1. The molecule has 0 unspecified atom stereocenters. The number of nitrogens with zero attached hydrogens (tertiary/aromatic N) is 2. The fourth-order valence-electron chi connectivity index (χ4n) is 0.952. The smallest absolute Gasteiger partial charge is 0.202 e. The number of rotatable bonds is 8. The summed E-state index contributed by atoms with van der Waals surface area (Å²) in [6.45, 7) is 3.66. The lowest BCUT2D eigenvalue weighted by atomic mass is 10.6. The lowest BCUT2D eigenvalue weighted by Crippen LogP contribution is -2.07. The minimum atomic E-state index is 0.694. The van der Waals surface area contributed by atoms with Gasteiger partial charge in [-0.2, -0.15) is 16.1 Å². The van der Waals surface area contributed by atoms with Crippen molar-refractivity contribution in [3.8, 4) is 0 Å². The van der Waals surface area contributed by atoms with Crippen LogP contribution in [0.4, 0.5) is 5.13 Å². The minimum Gasteiger partial charge on any atom is -0.383 e. The van der Waals surface area contributed by atoms with Crippen molar-refractivity contribution in [1.29, 1.82) is 0 Å². The van der Waals surface area contributed by atoms with Gasteiger partial charge in [-0.3, -0.25) is 0 Å². The van der Waals surface area contributed by atoms with Crippen molar-refractivity contribution in [3.63, 3.8) is 0 Å². The van der Waals surface area contributed by atoms with E-state index >= 15 is 0 Å². The van der Waals surface area contributed by atoms with Crippen LogP contribution in [0.1, 0.15) is 19.2 Å². The molecule has 4 nitrogen and oxygen atoms in total. The lowest BCUT2D eigenvalue weighted by Gasteiger charge is -1.98. The van der Waals surface area contributed by atoms with Crippen LogP contribution in [0, 0.1) is 0 Å². The molecule has 0 aliphatic carbocycles. The van der Waals surface area contributed by atoms with Gasteiger partial charge in [-0.25, -0.2) is 4.98 Å². The van der Waals surface area contributed by atoms with E-state index in [1.807, 2.05) is 11.8 Å². The maximum atomic E-state index is 4.94. The lowest BCUT2D eigenvalue weighted by molar-refractivity contribution is 0.211. The Labute approximate surface area is 99.0 Å². The predicted octanol–water partition coefficient (Wildman–Crippen LogP) is 2.24. The van der Waals surface area contributed by atoms with Crippen LogP contribution in [-0.4, -0.2) is 35.4 Å². The molecule has 1 aromatic heterocycles. The van der Waals surface area contributed by atoms with Crippen LogP contribution in [-0.2, 0) is 10.5 Å². The molecule has 1 aromatic rings. The first-order chi connectivity index (χ1) is 7.36. The van der Waals surface area contributed by atoms with Crippen LogP contribution in [0.3, 0.4) is 0 Å². The second kappa shape index (κ2) is 7.90. The topological polar surface area (TPSA) is 47.0 Å². The van der Waals surface area contributed by atoms with Gasteiger partial charge >= 0.3 is 0 Å². The summed E-state index contributed by atoms with van der Waals surface area (Å²) in [6, 6.07) is 0. The third-order valence-corrected chi connectivity index (χ3v) is 3.50. The van der Waals surface area contributed by atoms with Crippen molar-refractivity contribution in [3.05, 3.63) is 5.82 Å². The Morgan fingerprint density at radius 3 is 3.13 bits per heavy atom. The monoisotopic (exact) mass is 247 g/mol. The number of anilines is 1. The second-order valence-corrected chi connectivity index (χ2v) is 4.84. The molecule has 0 fully saturated rings. The van der Waals surface area contributed by atoms with Crippen LogP contribution in [0.5, 0.6) is 0 Å². The zero-order valence-electron chi connectivity index (χ0n) is 9.15. The Hall–Kier alpha value is -0.330. The highest BCUT2D eigenvalue weighted by Crippen LogP contribution is 2.15. The average molecular weight is 247 g/mol. The van der Waals surface area contributed by atoms with Gasteiger partial charge in [0, 0.05) is 25.2 Å². The van der Waals surface area contributed by atoms with E-state index in [0.717, 1.165) is 23.3 Å². The molecule has 15 heavy (non-hydrogen) atoms. The van der Waals surface area contributed by atoms with Gasteiger partial charge in [-0.15, -0.1) is 0 Å². The van der Waals surface area contributed by atoms with Crippen LogP contribution in [0.2, 0.25) is 0 Å². The summed E-state index contributed by atoms with van der Waals surface area (Å²) in [5, 5.41) is 4.06. The first kappa shape index (κ1) is 12.7. The van der Waals surface area contributed by atoms with Crippen molar-refractivity contribution < 1.29 is 4.74 Å². The van der Waals surface area contributed by atoms with E-state index < -0.39 is 0 Å². The fourth-order valence-corrected chi connectivity index (χ4v) is 2.39. The summed E-state index contributed by atoms with van der Waals surface area (Å²) in [5.41, 5.74) is 0. The van der Waals surface area contributed by atoms with Gasteiger partial charge in [-0.05, 0) is 12.2 Å². The normalized spacial score (nSPS) is 10.5. The van der Waals surface area contributed by atoms with Gasteiger partial charge in [0.25, 0.3) is 0 Å². The third kappa shape index (κ3) is 5.34. The molecule has 86 valence electrons. The number of nitrogens with one attached hydrogen (secondary N) is 1. The maximum Gasteiger partial charge on any atom is 0.202 e. The number of ether oxygens (including phenoxy) is 1. The average Bonchev–Trinajstić information content (AvgIpc) is 2.67. The van der Waals surface area contributed by atoms with E-state index in [1.54, 1.807) is 7.11 Å². The van der Waals surface area contributed by atoms with E-state index in [-0.39, 0.29) is 0 Å². The Kier molecular flexibility index (Phi) is 6.71. The Morgan fingerprint density at radius 1 is 1.53 bits per heavy atom. The van der Waals surface area contributed by atoms with Crippen LogP contribution in [0.25, 0.3) is 0 Å². The maximum absolute atomic E-state index is 4.94. The SMILES string of the molecule is CCCSCc1nsc(NCCOC)n1. The van der Waals surface area contributed by atoms with Gasteiger partial charge < -0.3 is 10.1 Å². The van der Waals surface area contributed by atoms with Gasteiger partial charge in [0.1, 0.15) is 0 Å². The van der Waals surface area contributed by atoms with E-state index in [1.165, 1.54) is 23.7 Å². The van der Waals surface area contributed by atoms with E-state index in [2.05, 4.69) is 21.6 Å². The van der Waals surface area contributed by atoms with Crippen molar-refractivity contribution in [2.45, 2.75) is 19.1 Å². The fraction of sp³-hybridized carbons (Fsp3) is 0.778. The zero-order chi connectivity index (χ0) is 10.9. The van der Waals surface area contributed by atoms with Crippen molar-refractivity contribution in [1.82, 2.24) is 9.36 Å². The summed E-state index contributed by atoms with van der Waals surface area (Å²) in [7, 11) is 1.69. The second-order valence-electron chi connectivity index (χ2n) is 2.99. The molecule has 0 aromatic carbocycles. The van der Waals surface area contributed by atoms with Crippen LogP contribution < -0.4 is 5.32 Å². The number of methoxy groups -OCH3 is 1. The molecule has 1 N–H and O–H groups in total. The Morgan fingerprint density at radius 2 is 2.40 bits per heavy atom. The van der Waals surface area contributed by atoms with Gasteiger partial charge in [0.05, 0.1) is 12.4 Å². The molecular weight excluding hydrogens is 230 g/mol. The summed E-state index contributed by atoms with van der Waals surface area (Å²) in [4.78, 5) is 4.37. The van der Waals surface area contributed by atoms with E-state index in [4.69, 9.17) is 4.74 Å². The summed E-state index contributed by atoms with van der Waals surface area (Å²) in [6.07, 6.45) is 1.20. The number of hydrogen-bond acceptors (Lipinski definition) is 6. The summed E-state index contributed by atoms with van der Waals surface area (Å²) >= 11 is 3.29. The Bertz CT molecular complexity index is 243. The highest BCUT2D eigenvalue weighted by Gasteiger charge is 2.02. The van der Waals surface area contributed by atoms with Crippen LogP contribution in [0.15, 0.2) is 0 Å². The van der Waals surface area contributed by atoms with E-state index in [0.29, 0.717) is 6.61 Å². The predicted molar refractivity (Wildman–Crippen MR) is 66.7 cm³/mol. The van der Waals surface area contributed by atoms with Gasteiger partial charge in [0.15, 0.2) is 5.82 Å². The summed E-state index contributed by atoms with van der Waals surface area (Å²) in [5.74, 6) is 3.01. The molecule has 0 aliphatic rings.